The standard InChI is InChI=1S/C10H12BrF2NO2S/c1-7(4-5-11)14-17(15,16)10-3-2-8(12)6-9(10)13/h2-3,6-7,14H,4-5H2,1H3. The quantitative estimate of drug-likeness (QED) is 0.844. The van der Waals surface area contributed by atoms with Crippen molar-refractivity contribution in [3.63, 3.8) is 0 Å². The molecule has 0 aliphatic heterocycles. The molecule has 1 aromatic rings. The van der Waals surface area contributed by atoms with Gasteiger partial charge in [0.15, 0.2) is 0 Å². The molecule has 0 fully saturated rings. The van der Waals surface area contributed by atoms with Gasteiger partial charge in [-0.15, -0.1) is 0 Å². The smallest absolute Gasteiger partial charge is 0.208 e. The van der Waals surface area contributed by atoms with E-state index in [2.05, 4.69) is 20.7 Å². The Balaban J connectivity index is 2.97. The van der Waals surface area contributed by atoms with Crippen molar-refractivity contribution in [3.05, 3.63) is 29.8 Å². The predicted octanol–water partition coefficient (Wildman–Crippen LogP) is 2.42. The van der Waals surface area contributed by atoms with Crippen LogP contribution in [0.4, 0.5) is 8.78 Å². The van der Waals surface area contributed by atoms with Gasteiger partial charge in [-0.3, -0.25) is 0 Å². The summed E-state index contributed by atoms with van der Waals surface area (Å²) in [7, 11) is -3.94. The molecule has 1 N–H and O–H groups in total. The van der Waals surface area contributed by atoms with Crippen LogP contribution in [-0.2, 0) is 10.0 Å². The maximum Gasteiger partial charge on any atom is 0.243 e. The molecule has 0 amide bonds. The van der Waals surface area contributed by atoms with Crippen LogP contribution in [0, 0.1) is 11.6 Å². The van der Waals surface area contributed by atoms with E-state index in [1.54, 1.807) is 6.92 Å². The van der Waals surface area contributed by atoms with E-state index in [4.69, 9.17) is 0 Å². The fraction of sp³-hybridized carbons (Fsp3) is 0.400. The van der Waals surface area contributed by atoms with E-state index in [-0.39, 0.29) is 6.04 Å². The number of nitrogens with one attached hydrogen (secondary N) is 1. The van der Waals surface area contributed by atoms with Crippen LogP contribution >= 0.6 is 15.9 Å². The topological polar surface area (TPSA) is 46.2 Å². The number of halogens is 3. The van der Waals surface area contributed by atoms with Gasteiger partial charge in [-0.25, -0.2) is 21.9 Å². The fourth-order valence-corrected chi connectivity index (χ4v) is 3.27. The molecule has 0 bridgehead atoms. The van der Waals surface area contributed by atoms with Gasteiger partial charge in [-0.1, -0.05) is 15.9 Å². The molecule has 1 unspecified atom stereocenters. The Morgan fingerprint density at radius 2 is 2.06 bits per heavy atom. The Morgan fingerprint density at radius 1 is 1.41 bits per heavy atom. The molecule has 17 heavy (non-hydrogen) atoms. The first-order valence-electron chi connectivity index (χ1n) is 4.90. The predicted molar refractivity (Wildman–Crippen MR) is 64.6 cm³/mol. The zero-order chi connectivity index (χ0) is 13.1. The highest BCUT2D eigenvalue weighted by molar-refractivity contribution is 9.09. The zero-order valence-corrected chi connectivity index (χ0v) is 11.5. The summed E-state index contributed by atoms with van der Waals surface area (Å²) in [6.07, 6.45) is 0.571. The van der Waals surface area contributed by atoms with E-state index in [0.29, 0.717) is 17.8 Å². The molecular formula is C10H12BrF2NO2S. The van der Waals surface area contributed by atoms with E-state index in [1.165, 1.54) is 0 Å². The van der Waals surface area contributed by atoms with Crippen molar-refractivity contribution in [3.8, 4) is 0 Å². The summed E-state index contributed by atoms with van der Waals surface area (Å²) in [5, 5.41) is 0.628. The largest absolute Gasteiger partial charge is 0.243 e. The second-order valence-electron chi connectivity index (χ2n) is 3.57. The maximum atomic E-state index is 13.3. The van der Waals surface area contributed by atoms with Crippen molar-refractivity contribution in [1.82, 2.24) is 4.72 Å². The second kappa shape index (κ2) is 5.88. The summed E-state index contributed by atoms with van der Waals surface area (Å²) in [5.74, 6) is -1.90. The van der Waals surface area contributed by atoms with E-state index in [1.807, 2.05) is 0 Å². The highest BCUT2D eigenvalue weighted by atomic mass is 79.9. The van der Waals surface area contributed by atoms with Gasteiger partial charge >= 0.3 is 0 Å². The molecule has 0 aliphatic carbocycles. The molecule has 1 rings (SSSR count). The Kier molecular flexibility index (Phi) is 5.03. The van der Waals surface area contributed by atoms with Crippen molar-refractivity contribution < 1.29 is 17.2 Å². The molecule has 0 saturated heterocycles. The van der Waals surface area contributed by atoms with Crippen LogP contribution in [0.15, 0.2) is 23.1 Å². The summed E-state index contributed by atoms with van der Waals surface area (Å²) in [5.41, 5.74) is 0. The molecular weight excluding hydrogens is 316 g/mol. The lowest BCUT2D eigenvalue weighted by molar-refractivity contribution is 0.532. The molecule has 0 heterocycles. The lowest BCUT2D eigenvalue weighted by Crippen LogP contribution is -2.33. The number of rotatable bonds is 5. The van der Waals surface area contributed by atoms with Crippen LogP contribution in [0.1, 0.15) is 13.3 Å². The van der Waals surface area contributed by atoms with Crippen LogP contribution in [0.25, 0.3) is 0 Å². The maximum absolute atomic E-state index is 13.3. The van der Waals surface area contributed by atoms with Gasteiger partial charge in [0.25, 0.3) is 0 Å². The van der Waals surface area contributed by atoms with Gasteiger partial charge in [-0.05, 0) is 25.5 Å². The van der Waals surface area contributed by atoms with E-state index < -0.39 is 26.6 Å². The van der Waals surface area contributed by atoms with Crippen molar-refractivity contribution in [1.29, 1.82) is 0 Å². The number of benzene rings is 1. The first-order valence-corrected chi connectivity index (χ1v) is 7.50. The van der Waals surface area contributed by atoms with Crippen molar-refractivity contribution >= 4 is 26.0 Å². The summed E-state index contributed by atoms with van der Waals surface area (Å²) in [4.78, 5) is -0.541. The molecule has 0 aromatic heterocycles. The Hall–Kier alpha value is -0.530. The van der Waals surface area contributed by atoms with E-state index in [0.717, 1.165) is 12.1 Å². The molecule has 3 nitrogen and oxygen atoms in total. The number of hydrogen-bond donors (Lipinski definition) is 1. The lowest BCUT2D eigenvalue weighted by atomic mass is 10.3. The molecule has 0 radical (unpaired) electrons. The van der Waals surface area contributed by atoms with Gasteiger partial charge < -0.3 is 0 Å². The van der Waals surface area contributed by atoms with Gasteiger partial charge in [0.2, 0.25) is 10.0 Å². The van der Waals surface area contributed by atoms with Crippen LogP contribution in [0.3, 0.4) is 0 Å². The third-order valence-corrected chi connectivity index (χ3v) is 4.16. The average molecular weight is 328 g/mol. The SMILES string of the molecule is CC(CCBr)NS(=O)(=O)c1ccc(F)cc1F. The minimum atomic E-state index is -3.94. The normalized spacial score (nSPS) is 13.6. The van der Waals surface area contributed by atoms with Gasteiger partial charge in [-0.2, -0.15) is 0 Å². The third kappa shape index (κ3) is 4.01. The minimum Gasteiger partial charge on any atom is -0.208 e. The number of hydrogen-bond acceptors (Lipinski definition) is 2. The van der Waals surface area contributed by atoms with Crippen LogP contribution in [0.2, 0.25) is 0 Å². The van der Waals surface area contributed by atoms with E-state index in [9.17, 15) is 17.2 Å². The van der Waals surface area contributed by atoms with Crippen molar-refractivity contribution in [2.45, 2.75) is 24.3 Å². The first kappa shape index (κ1) is 14.5. The van der Waals surface area contributed by atoms with Crippen LogP contribution in [0.5, 0.6) is 0 Å². The van der Waals surface area contributed by atoms with Gasteiger partial charge in [0.1, 0.15) is 16.5 Å². The first-order chi connectivity index (χ1) is 7.86. The lowest BCUT2D eigenvalue weighted by Gasteiger charge is -2.13. The number of alkyl halides is 1. The molecule has 0 aliphatic rings. The fourth-order valence-electron chi connectivity index (χ4n) is 1.24. The highest BCUT2D eigenvalue weighted by Crippen LogP contribution is 2.16. The average Bonchev–Trinajstić information content (AvgIpc) is 2.15. The highest BCUT2D eigenvalue weighted by Gasteiger charge is 2.21. The number of sulfonamides is 1. The van der Waals surface area contributed by atoms with Crippen LogP contribution in [-0.4, -0.2) is 19.8 Å². The zero-order valence-electron chi connectivity index (χ0n) is 9.08. The minimum absolute atomic E-state index is 0.330. The molecule has 0 saturated carbocycles. The third-order valence-electron chi connectivity index (χ3n) is 2.08. The summed E-state index contributed by atoms with van der Waals surface area (Å²) >= 11 is 3.18. The molecule has 0 spiro atoms. The van der Waals surface area contributed by atoms with Crippen molar-refractivity contribution in [2.24, 2.45) is 0 Å². The second-order valence-corrected chi connectivity index (χ2v) is 6.05. The van der Waals surface area contributed by atoms with E-state index >= 15 is 0 Å². The Morgan fingerprint density at radius 3 is 2.59 bits per heavy atom. The Bertz CT molecular complexity index is 493. The monoisotopic (exact) mass is 327 g/mol. The molecule has 1 atom stereocenters. The molecule has 7 heteroatoms. The molecule has 96 valence electrons. The summed E-state index contributed by atoms with van der Waals surface area (Å²) in [6.45, 7) is 1.67. The molecule has 1 aromatic carbocycles. The Labute approximate surface area is 107 Å². The summed E-state index contributed by atoms with van der Waals surface area (Å²) in [6, 6.07) is 2.04. The van der Waals surface area contributed by atoms with Gasteiger partial charge in [0.05, 0.1) is 0 Å². The van der Waals surface area contributed by atoms with Crippen LogP contribution < -0.4 is 4.72 Å². The summed E-state index contributed by atoms with van der Waals surface area (Å²) < 4.78 is 51.8. The van der Waals surface area contributed by atoms with Gasteiger partial charge in [0, 0.05) is 17.4 Å². The van der Waals surface area contributed by atoms with Crippen molar-refractivity contribution in [2.75, 3.05) is 5.33 Å².